The van der Waals surface area contributed by atoms with Crippen molar-refractivity contribution >= 4 is 11.9 Å². The van der Waals surface area contributed by atoms with Gasteiger partial charge in [-0.3, -0.25) is 9.59 Å². The van der Waals surface area contributed by atoms with E-state index in [4.69, 9.17) is 5.11 Å². The smallest absolute Gasteiger partial charge is 0.307 e. The van der Waals surface area contributed by atoms with Crippen LogP contribution in [-0.4, -0.2) is 17.0 Å². The van der Waals surface area contributed by atoms with Crippen LogP contribution >= 0.6 is 0 Å². The highest BCUT2D eigenvalue weighted by molar-refractivity contribution is 5.89. The van der Waals surface area contributed by atoms with Crippen LogP contribution in [0.5, 0.6) is 0 Å². The van der Waals surface area contributed by atoms with Gasteiger partial charge in [0.15, 0.2) is 0 Å². The Kier molecular flexibility index (Phi) is 3.60. The van der Waals surface area contributed by atoms with E-state index >= 15 is 0 Å². The fourth-order valence-corrected chi connectivity index (χ4v) is 2.40. The van der Waals surface area contributed by atoms with Crippen molar-refractivity contribution < 1.29 is 14.7 Å². The second-order valence-corrected chi connectivity index (χ2v) is 5.31. The summed E-state index contributed by atoms with van der Waals surface area (Å²) in [5, 5.41) is 11.7. The topological polar surface area (TPSA) is 66.4 Å². The monoisotopic (exact) mass is 261 g/mol. The molecule has 1 amide bonds. The van der Waals surface area contributed by atoms with Crippen molar-refractivity contribution in [2.45, 2.75) is 33.2 Å². The van der Waals surface area contributed by atoms with Crippen molar-refractivity contribution in [3.8, 4) is 0 Å². The fourth-order valence-electron chi connectivity index (χ4n) is 2.40. The van der Waals surface area contributed by atoms with Crippen molar-refractivity contribution in [2.75, 3.05) is 0 Å². The average molecular weight is 261 g/mol. The number of rotatable bonds is 4. The number of aryl methyl sites for hydroxylation is 1. The van der Waals surface area contributed by atoms with E-state index in [-0.39, 0.29) is 17.9 Å². The minimum Gasteiger partial charge on any atom is -0.481 e. The SMILES string of the molecule is Cc1cccc([C@H](C)NC(=O)[C@H]2C[C@@H]2C(=O)O)c1C. The molecule has 0 aromatic heterocycles. The fraction of sp³-hybridized carbons (Fsp3) is 0.467. The summed E-state index contributed by atoms with van der Waals surface area (Å²) < 4.78 is 0. The van der Waals surface area contributed by atoms with Crippen LogP contribution in [0, 0.1) is 25.7 Å². The number of carbonyl (C=O) groups excluding carboxylic acids is 1. The first-order valence-electron chi connectivity index (χ1n) is 6.51. The van der Waals surface area contributed by atoms with Gasteiger partial charge in [0.05, 0.1) is 17.9 Å². The van der Waals surface area contributed by atoms with Crippen LogP contribution in [-0.2, 0) is 9.59 Å². The summed E-state index contributed by atoms with van der Waals surface area (Å²) in [5.74, 6) is -1.88. The normalized spacial score (nSPS) is 22.7. The predicted octanol–water partition coefficient (Wildman–Crippen LogP) is 2.20. The summed E-state index contributed by atoms with van der Waals surface area (Å²) in [6, 6.07) is 5.91. The first-order valence-corrected chi connectivity index (χ1v) is 6.51. The van der Waals surface area contributed by atoms with Crippen molar-refractivity contribution in [3.63, 3.8) is 0 Å². The lowest BCUT2D eigenvalue weighted by Gasteiger charge is -2.17. The molecule has 0 aliphatic heterocycles. The molecule has 1 aliphatic carbocycles. The number of nitrogens with one attached hydrogen (secondary N) is 1. The lowest BCUT2D eigenvalue weighted by atomic mass is 9.98. The summed E-state index contributed by atoms with van der Waals surface area (Å²) in [4.78, 5) is 22.7. The molecular formula is C15H19NO3. The maximum Gasteiger partial charge on any atom is 0.307 e. The van der Waals surface area contributed by atoms with Gasteiger partial charge in [-0.2, -0.15) is 0 Å². The third-order valence-electron chi connectivity index (χ3n) is 3.92. The second kappa shape index (κ2) is 5.03. The van der Waals surface area contributed by atoms with Gasteiger partial charge in [0, 0.05) is 0 Å². The second-order valence-electron chi connectivity index (χ2n) is 5.31. The zero-order valence-corrected chi connectivity index (χ0v) is 11.4. The molecule has 2 rings (SSSR count). The predicted molar refractivity (Wildman–Crippen MR) is 71.7 cm³/mol. The molecule has 1 aliphatic rings. The van der Waals surface area contributed by atoms with Crippen LogP contribution < -0.4 is 5.32 Å². The van der Waals surface area contributed by atoms with Gasteiger partial charge in [0.25, 0.3) is 0 Å². The number of carboxylic acids is 1. The molecule has 3 atom stereocenters. The third-order valence-corrected chi connectivity index (χ3v) is 3.92. The van der Waals surface area contributed by atoms with E-state index in [0.717, 1.165) is 5.56 Å². The van der Waals surface area contributed by atoms with Crippen LogP contribution in [0.1, 0.15) is 36.1 Å². The Morgan fingerprint density at radius 2 is 2.00 bits per heavy atom. The molecule has 102 valence electrons. The van der Waals surface area contributed by atoms with Gasteiger partial charge in [0.2, 0.25) is 5.91 Å². The van der Waals surface area contributed by atoms with E-state index in [1.54, 1.807) is 0 Å². The summed E-state index contributed by atoms with van der Waals surface area (Å²) in [5.41, 5.74) is 3.44. The number of hydrogen-bond acceptors (Lipinski definition) is 2. The first-order chi connectivity index (χ1) is 8.91. The van der Waals surface area contributed by atoms with Gasteiger partial charge < -0.3 is 10.4 Å². The van der Waals surface area contributed by atoms with Crippen LogP contribution in [0.25, 0.3) is 0 Å². The minimum atomic E-state index is -0.875. The molecule has 1 saturated carbocycles. The minimum absolute atomic E-state index is 0.0950. The molecule has 1 fully saturated rings. The quantitative estimate of drug-likeness (QED) is 0.873. The Bertz CT molecular complexity index is 524. The third kappa shape index (κ3) is 2.78. The van der Waals surface area contributed by atoms with Crippen LogP contribution in [0.3, 0.4) is 0 Å². The molecule has 4 heteroatoms. The highest BCUT2D eigenvalue weighted by Crippen LogP contribution is 2.39. The molecule has 0 bridgehead atoms. The first kappa shape index (κ1) is 13.6. The highest BCUT2D eigenvalue weighted by atomic mass is 16.4. The number of aliphatic carboxylic acids is 1. The maximum absolute atomic E-state index is 11.9. The molecular weight excluding hydrogens is 242 g/mol. The molecule has 19 heavy (non-hydrogen) atoms. The van der Waals surface area contributed by atoms with E-state index < -0.39 is 11.9 Å². The van der Waals surface area contributed by atoms with Crippen molar-refractivity contribution in [1.82, 2.24) is 5.32 Å². The molecule has 0 unspecified atom stereocenters. The van der Waals surface area contributed by atoms with Gasteiger partial charge in [-0.25, -0.2) is 0 Å². The highest BCUT2D eigenvalue weighted by Gasteiger charge is 2.48. The molecule has 0 radical (unpaired) electrons. The van der Waals surface area contributed by atoms with Crippen LogP contribution in [0.15, 0.2) is 18.2 Å². The molecule has 4 nitrogen and oxygen atoms in total. The van der Waals surface area contributed by atoms with E-state index in [2.05, 4.69) is 5.32 Å². The number of amides is 1. The van der Waals surface area contributed by atoms with Crippen LogP contribution in [0.4, 0.5) is 0 Å². The van der Waals surface area contributed by atoms with E-state index in [1.165, 1.54) is 11.1 Å². The van der Waals surface area contributed by atoms with Gasteiger partial charge in [0.1, 0.15) is 0 Å². The molecule has 1 aromatic rings. The van der Waals surface area contributed by atoms with E-state index in [0.29, 0.717) is 6.42 Å². The maximum atomic E-state index is 11.9. The number of carbonyl (C=O) groups is 2. The van der Waals surface area contributed by atoms with Crippen molar-refractivity contribution in [2.24, 2.45) is 11.8 Å². The Hall–Kier alpha value is -1.84. The lowest BCUT2D eigenvalue weighted by Crippen LogP contribution is -2.29. The Morgan fingerprint density at radius 1 is 1.32 bits per heavy atom. The number of carboxylic acid groups (broad SMARTS) is 1. The summed E-state index contributed by atoms with van der Waals surface area (Å²) >= 11 is 0. The van der Waals surface area contributed by atoms with E-state index in [1.807, 2.05) is 39.0 Å². The van der Waals surface area contributed by atoms with Crippen molar-refractivity contribution in [1.29, 1.82) is 0 Å². The largest absolute Gasteiger partial charge is 0.481 e. The summed E-state index contributed by atoms with van der Waals surface area (Å²) in [6.07, 6.45) is 0.459. The Morgan fingerprint density at radius 3 is 2.58 bits per heavy atom. The number of benzene rings is 1. The van der Waals surface area contributed by atoms with E-state index in [9.17, 15) is 9.59 Å². The van der Waals surface area contributed by atoms with Gasteiger partial charge in [-0.15, -0.1) is 0 Å². The summed E-state index contributed by atoms with van der Waals surface area (Å²) in [7, 11) is 0. The standard InChI is InChI=1S/C15H19NO3/c1-8-5-4-6-11(9(8)2)10(3)16-14(17)12-7-13(12)15(18)19/h4-6,10,12-13H,7H2,1-3H3,(H,16,17)(H,18,19)/t10-,12-,13-/m0/s1. The van der Waals surface area contributed by atoms with Gasteiger partial charge in [-0.05, 0) is 43.9 Å². The Labute approximate surface area is 112 Å². The van der Waals surface area contributed by atoms with Gasteiger partial charge in [-0.1, -0.05) is 18.2 Å². The van der Waals surface area contributed by atoms with Crippen molar-refractivity contribution in [3.05, 3.63) is 34.9 Å². The zero-order valence-electron chi connectivity index (χ0n) is 11.4. The molecule has 0 saturated heterocycles. The van der Waals surface area contributed by atoms with Crippen LogP contribution in [0.2, 0.25) is 0 Å². The molecule has 1 aromatic carbocycles. The molecule has 0 spiro atoms. The number of hydrogen-bond donors (Lipinski definition) is 2. The zero-order chi connectivity index (χ0) is 14.2. The van der Waals surface area contributed by atoms with Gasteiger partial charge >= 0.3 is 5.97 Å². The molecule has 2 N–H and O–H groups in total. The summed E-state index contributed by atoms with van der Waals surface area (Å²) in [6.45, 7) is 6.00. The lowest BCUT2D eigenvalue weighted by molar-refractivity contribution is -0.140. The Balaban J connectivity index is 2.02. The molecule has 0 heterocycles. The average Bonchev–Trinajstić information content (AvgIpc) is 3.12.